The van der Waals surface area contributed by atoms with Crippen LogP contribution in [0.15, 0.2) is 48.1 Å². The van der Waals surface area contributed by atoms with Gasteiger partial charge in [-0.15, -0.1) is 23.7 Å². The predicted molar refractivity (Wildman–Crippen MR) is 100 cm³/mol. The Labute approximate surface area is 146 Å². The number of hydrogen-bond donors (Lipinski definition) is 0. The minimum Gasteiger partial charge on any atom is -0.340 e. The molecular weight excluding hydrogens is 335 g/mol. The van der Waals surface area contributed by atoms with E-state index >= 15 is 0 Å². The second kappa shape index (κ2) is 7.32. The van der Waals surface area contributed by atoms with Crippen molar-refractivity contribution in [1.82, 2.24) is 4.98 Å². The summed E-state index contributed by atoms with van der Waals surface area (Å²) < 4.78 is 1.15. The van der Waals surface area contributed by atoms with Crippen molar-refractivity contribution in [2.24, 2.45) is 5.92 Å². The van der Waals surface area contributed by atoms with Crippen LogP contribution < -0.4 is 4.90 Å². The molecule has 3 rings (SSSR count). The van der Waals surface area contributed by atoms with Gasteiger partial charge in [0.15, 0.2) is 0 Å². The van der Waals surface area contributed by atoms with E-state index < -0.39 is 0 Å². The highest BCUT2D eigenvalue weighted by molar-refractivity contribution is 7.18. The normalized spacial score (nSPS) is 10.7. The monoisotopic (exact) mass is 352 g/mol. The Hall–Kier alpha value is -1.29. The molecule has 0 aliphatic rings. The van der Waals surface area contributed by atoms with E-state index in [1.165, 1.54) is 16.8 Å². The van der Waals surface area contributed by atoms with Gasteiger partial charge in [-0.1, -0.05) is 37.6 Å². The van der Waals surface area contributed by atoms with Gasteiger partial charge in [0.05, 0.1) is 15.4 Å². The van der Waals surface area contributed by atoms with Gasteiger partial charge in [-0.05, 0) is 24.1 Å². The van der Waals surface area contributed by atoms with E-state index in [4.69, 9.17) is 11.6 Å². The zero-order valence-electron chi connectivity index (χ0n) is 12.5. The molecule has 0 spiro atoms. The molecule has 0 saturated heterocycles. The Morgan fingerprint density at radius 2 is 1.91 bits per heavy atom. The van der Waals surface area contributed by atoms with Crippen molar-refractivity contribution in [2.75, 3.05) is 11.4 Å². The summed E-state index contributed by atoms with van der Waals surface area (Å²) in [7, 11) is 0. The number of thiophene rings is 1. The molecule has 3 aromatic rings. The lowest BCUT2D eigenvalue weighted by Gasteiger charge is -2.26. The molecule has 0 aliphatic carbocycles. The Morgan fingerprint density at radius 1 is 1.18 bits per heavy atom. The van der Waals surface area contributed by atoms with Crippen LogP contribution in [0.2, 0.25) is 5.02 Å². The molecule has 0 radical (unpaired) electrons. The average Bonchev–Trinajstić information content (AvgIpc) is 2.91. The maximum Gasteiger partial charge on any atom is 0.0600 e. The highest BCUT2D eigenvalue weighted by Crippen LogP contribution is 2.40. The van der Waals surface area contributed by atoms with E-state index in [-0.39, 0.29) is 12.4 Å². The molecule has 1 aromatic carbocycles. The maximum absolute atomic E-state index is 6.31. The second-order valence-corrected chi connectivity index (χ2v) is 6.73. The van der Waals surface area contributed by atoms with Crippen molar-refractivity contribution in [3.63, 3.8) is 0 Å². The molecule has 0 bridgehead atoms. The molecule has 116 valence electrons. The molecule has 22 heavy (non-hydrogen) atoms. The molecule has 0 amide bonds. The molecule has 2 nitrogen and oxygen atoms in total. The van der Waals surface area contributed by atoms with E-state index in [0.717, 1.165) is 16.3 Å². The molecule has 0 saturated carbocycles. The SMILES string of the molecule is CC(C)CN(c1ccncc1)c1csc2c(Cl)cccc12.Cl. The zero-order valence-corrected chi connectivity index (χ0v) is 14.9. The van der Waals surface area contributed by atoms with E-state index in [2.05, 4.69) is 47.3 Å². The van der Waals surface area contributed by atoms with E-state index in [9.17, 15) is 0 Å². The van der Waals surface area contributed by atoms with Gasteiger partial charge < -0.3 is 4.90 Å². The number of rotatable bonds is 4. The lowest BCUT2D eigenvalue weighted by Crippen LogP contribution is -2.22. The summed E-state index contributed by atoms with van der Waals surface area (Å²) in [5.74, 6) is 0.562. The second-order valence-electron chi connectivity index (χ2n) is 5.45. The van der Waals surface area contributed by atoms with Gasteiger partial charge in [0.25, 0.3) is 0 Å². The summed E-state index contributed by atoms with van der Waals surface area (Å²) in [6.07, 6.45) is 3.67. The topological polar surface area (TPSA) is 16.1 Å². The standard InChI is InChI=1S/C17H17ClN2S.ClH/c1-12(2)10-20(13-6-8-19-9-7-13)16-11-21-17-14(16)4-3-5-15(17)18;/h3-9,11-12H,10H2,1-2H3;1H. The largest absolute Gasteiger partial charge is 0.340 e. The van der Waals surface area contributed by atoms with Gasteiger partial charge in [-0.3, -0.25) is 4.98 Å². The number of pyridine rings is 1. The Bertz CT molecular complexity index is 741. The van der Waals surface area contributed by atoms with Crippen LogP contribution >= 0.6 is 35.3 Å². The van der Waals surface area contributed by atoms with Crippen molar-refractivity contribution in [1.29, 1.82) is 0 Å². The van der Waals surface area contributed by atoms with Crippen molar-refractivity contribution < 1.29 is 0 Å². The predicted octanol–water partition coefficient (Wildman–Crippen LogP) is 6.17. The smallest absolute Gasteiger partial charge is 0.0600 e. The van der Waals surface area contributed by atoms with Gasteiger partial charge in [0, 0.05) is 35.4 Å². The fourth-order valence-electron chi connectivity index (χ4n) is 2.45. The first-order valence-corrected chi connectivity index (χ1v) is 8.26. The first-order chi connectivity index (χ1) is 10.2. The van der Waals surface area contributed by atoms with E-state index in [1.54, 1.807) is 11.3 Å². The first kappa shape index (κ1) is 17.1. The zero-order chi connectivity index (χ0) is 14.8. The first-order valence-electron chi connectivity index (χ1n) is 7.00. The van der Waals surface area contributed by atoms with Crippen LogP contribution in [0.5, 0.6) is 0 Å². The molecular formula is C17H18Cl2N2S. The summed E-state index contributed by atoms with van der Waals surface area (Å²) in [5.41, 5.74) is 2.38. The van der Waals surface area contributed by atoms with Crippen LogP contribution in [0.1, 0.15) is 13.8 Å². The Kier molecular flexibility index (Phi) is 5.68. The molecule has 0 aliphatic heterocycles. The highest BCUT2D eigenvalue weighted by atomic mass is 35.5. The lowest BCUT2D eigenvalue weighted by molar-refractivity contribution is 0.652. The van der Waals surface area contributed by atoms with Crippen LogP contribution in [0.25, 0.3) is 10.1 Å². The minimum atomic E-state index is 0. The van der Waals surface area contributed by atoms with Gasteiger partial charge in [0.2, 0.25) is 0 Å². The number of nitrogens with zero attached hydrogens (tertiary/aromatic N) is 2. The average molecular weight is 353 g/mol. The van der Waals surface area contributed by atoms with Crippen molar-refractivity contribution >= 4 is 56.8 Å². The third-order valence-corrected chi connectivity index (χ3v) is 4.79. The van der Waals surface area contributed by atoms with Crippen LogP contribution in [0, 0.1) is 5.92 Å². The van der Waals surface area contributed by atoms with Crippen LogP contribution in [0.4, 0.5) is 11.4 Å². The number of benzene rings is 1. The van der Waals surface area contributed by atoms with Gasteiger partial charge in [-0.2, -0.15) is 0 Å². The Balaban J connectivity index is 0.00000176. The summed E-state index contributed by atoms with van der Waals surface area (Å²) in [4.78, 5) is 6.47. The van der Waals surface area contributed by atoms with Crippen LogP contribution in [0.3, 0.4) is 0 Å². The highest BCUT2D eigenvalue weighted by Gasteiger charge is 2.16. The van der Waals surface area contributed by atoms with Crippen molar-refractivity contribution in [3.8, 4) is 0 Å². The quantitative estimate of drug-likeness (QED) is 0.558. The molecule has 2 heterocycles. The molecule has 5 heteroatoms. The van der Waals surface area contributed by atoms with Crippen molar-refractivity contribution in [2.45, 2.75) is 13.8 Å². The minimum absolute atomic E-state index is 0. The van der Waals surface area contributed by atoms with Crippen molar-refractivity contribution in [3.05, 3.63) is 53.1 Å². The Morgan fingerprint density at radius 3 is 2.59 bits per heavy atom. The van der Waals surface area contributed by atoms with E-state index in [1.807, 2.05) is 24.5 Å². The molecule has 2 aromatic heterocycles. The summed E-state index contributed by atoms with van der Waals surface area (Å²) >= 11 is 8.01. The molecule has 0 fully saturated rings. The molecule has 0 atom stereocenters. The van der Waals surface area contributed by atoms with Crippen LogP contribution in [-0.4, -0.2) is 11.5 Å². The lowest BCUT2D eigenvalue weighted by atomic mass is 10.1. The molecule has 0 unspecified atom stereocenters. The fourth-order valence-corrected chi connectivity index (χ4v) is 3.72. The number of aromatic nitrogens is 1. The van der Waals surface area contributed by atoms with Gasteiger partial charge in [-0.25, -0.2) is 0 Å². The van der Waals surface area contributed by atoms with E-state index in [0.29, 0.717) is 5.92 Å². The van der Waals surface area contributed by atoms with Crippen LogP contribution in [-0.2, 0) is 0 Å². The number of anilines is 2. The van der Waals surface area contributed by atoms with Gasteiger partial charge >= 0.3 is 0 Å². The maximum atomic E-state index is 6.31. The summed E-state index contributed by atoms with van der Waals surface area (Å²) in [6, 6.07) is 10.2. The third-order valence-electron chi connectivity index (χ3n) is 3.34. The summed E-state index contributed by atoms with van der Waals surface area (Å²) in [6.45, 7) is 5.42. The number of fused-ring (bicyclic) bond motifs is 1. The number of halogens is 2. The van der Waals surface area contributed by atoms with Gasteiger partial charge in [0.1, 0.15) is 0 Å². The number of hydrogen-bond acceptors (Lipinski definition) is 3. The fraction of sp³-hybridized carbons (Fsp3) is 0.235. The third kappa shape index (κ3) is 3.37. The molecule has 0 N–H and O–H groups in total. The summed E-state index contributed by atoms with van der Waals surface area (Å²) in [5, 5.41) is 4.23.